The number of pyridine rings is 1. The summed E-state index contributed by atoms with van der Waals surface area (Å²) < 4.78 is 5.37. The third-order valence-electron chi connectivity index (χ3n) is 2.80. The molecule has 0 atom stereocenters. The first-order valence-corrected chi connectivity index (χ1v) is 6.34. The van der Waals surface area contributed by atoms with Crippen molar-refractivity contribution < 1.29 is 4.74 Å². The van der Waals surface area contributed by atoms with E-state index in [4.69, 9.17) is 4.74 Å². The van der Waals surface area contributed by atoms with Gasteiger partial charge in [-0.3, -0.25) is 4.98 Å². The molecule has 0 saturated carbocycles. The second-order valence-electron chi connectivity index (χ2n) is 4.17. The van der Waals surface area contributed by atoms with Crippen LogP contribution in [0.2, 0.25) is 0 Å². The third kappa shape index (κ3) is 3.91. The van der Waals surface area contributed by atoms with Crippen LogP contribution in [0.1, 0.15) is 12.5 Å². The van der Waals surface area contributed by atoms with E-state index in [1.165, 1.54) is 11.9 Å². The van der Waals surface area contributed by atoms with E-state index in [-0.39, 0.29) is 0 Å². The van der Waals surface area contributed by atoms with Crippen molar-refractivity contribution in [2.24, 2.45) is 0 Å². The molecule has 0 aromatic carbocycles. The van der Waals surface area contributed by atoms with Gasteiger partial charge in [-0.2, -0.15) is 0 Å². The molecular formula is C14H18N4O. The Morgan fingerprint density at radius 1 is 1.21 bits per heavy atom. The molecule has 0 N–H and O–H groups in total. The molecule has 100 valence electrons. The van der Waals surface area contributed by atoms with E-state index in [9.17, 15) is 0 Å². The Labute approximate surface area is 113 Å². The maximum absolute atomic E-state index is 5.37. The number of hydrogen-bond acceptors (Lipinski definition) is 5. The molecule has 0 fully saturated rings. The summed E-state index contributed by atoms with van der Waals surface area (Å²) in [6.07, 6.45) is 6.11. The van der Waals surface area contributed by atoms with Gasteiger partial charge in [0.25, 0.3) is 0 Å². The van der Waals surface area contributed by atoms with Crippen LogP contribution < -0.4 is 9.64 Å². The van der Waals surface area contributed by atoms with Gasteiger partial charge in [0, 0.05) is 32.1 Å². The van der Waals surface area contributed by atoms with Gasteiger partial charge in [0.05, 0.1) is 6.61 Å². The molecule has 2 aromatic heterocycles. The summed E-state index contributed by atoms with van der Waals surface area (Å²) in [6.45, 7) is 3.43. The van der Waals surface area contributed by atoms with E-state index in [0.29, 0.717) is 12.5 Å². The first kappa shape index (κ1) is 13.3. The van der Waals surface area contributed by atoms with Crippen molar-refractivity contribution in [2.75, 3.05) is 25.1 Å². The van der Waals surface area contributed by atoms with Crippen LogP contribution in [-0.4, -0.2) is 35.2 Å². The number of nitrogens with zero attached hydrogens (tertiary/aromatic N) is 4. The second kappa shape index (κ2) is 6.68. The first-order valence-electron chi connectivity index (χ1n) is 6.34. The number of aromatic nitrogens is 3. The van der Waals surface area contributed by atoms with Gasteiger partial charge in [-0.25, -0.2) is 9.97 Å². The maximum atomic E-state index is 5.37. The second-order valence-corrected chi connectivity index (χ2v) is 4.17. The quantitative estimate of drug-likeness (QED) is 0.792. The van der Waals surface area contributed by atoms with Gasteiger partial charge in [0.1, 0.15) is 12.1 Å². The van der Waals surface area contributed by atoms with Gasteiger partial charge in [-0.1, -0.05) is 0 Å². The summed E-state index contributed by atoms with van der Waals surface area (Å²) in [5, 5.41) is 0. The average molecular weight is 258 g/mol. The summed E-state index contributed by atoms with van der Waals surface area (Å²) in [4.78, 5) is 14.4. The Kier molecular flexibility index (Phi) is 4.66. The molecule has 2 aromatic rings. The van der Waals surface area contributed by atoms with Crippen molar-refractivity contribution in [3.63, 3.8) is 0 Å². The maximum Gasteiger partial charge on any atom is 0.218 e. The molecule has 0 aliphatic carbocycles. The van der Waals surface area contributed by atoms with E-state index in [1.807, 2.05) is 44.6 Å². The molecule has 0 saturated heterocycles. The fourth-order valence-electron chi connectivity index (χ4n) is 1.73. The Balaban J connectivity index is 1.95. The van der Waals surface area contributed by atoms with E-state index in [1.54, 1.807) is 0 Å². The average Bonchev–Trinajstić information content (AvgIpc) is 2.46. The molecule has 0 aliphatic rings. The molecule has 2 rings (SSSR count). The smallest absolute Gasteiger partial charge is 0.218 e. The molecule has 0 spiro atoms. The highest BCUT2D eigenvalue weighted by atomic mass is 16.5. The molecule has 5 heteroatoms. The molecule has 0 radical (unpaired) electrons. The van der Waals surface area contributed by atoms with Gasteiger partial charge in [-0.05, 0) is 31.0 Å². The number of likely N-dealkylation sites (N-methyl/N-ethyl adjacent to an activating group) is 1. The van der Waals surface area contributed by atoms with Crippen LogP contribution in [0.3, 0.4) is 0 Å². The third-order valence-corrected chi connectivity index (χ3v) is 2.80. The van der Waals surface area contributed by atoms with E-state index < -0.39 is 0 Å². The SMILES string of the molecule is CCOc1cc(N(C)CCc2ccncc2)ncn1. The first-order chi connectivity index (χ1) is 9.29. The summed E-state index contributed by atoms with van der Waals surface area (Å²) in [6, 6.07) is 5.91. The van der Waals surface area contributed by atoms with Crippen LogP contribution in [0.15, 0.2) is 36.9 Å². The monoisotopic (exact) mass is 258 g/mol. The Bertz CT molecular complexity index is 504. The normalized spacial score (nSPS) is 10.2. The van der Waals surface area contributed by atoms with E-state index >= 15 is 0 Å². The van der Waals surface area contributed by atoms with Gasteiger partial charge >= 0.3 is 0 Å². The van der Waals surface area contributed by atoms with Crippen LogP contribution in [0.5, 0.6) is 5.88 Å². The lowest BCUT2D eigenvalue weighted by Crippen LogP contribution is -2.21. The minimum absolute atomic E-state index is 0.608. The standard InChI is InChI=1S/C14H18N4O/c1-3-19-14-10-13(16-11-17-14)18(2)9-6-12-4-7-15-8-5-12/h4-5,7-8,10-11H,3,6,9H2,1-2H3. The van der Waals surface area contributed by atoms with Crippen molar-refractivity contribution in [1.82, 2.24) is 15.0 Å². The fourth-order valence-corrected chi connectivity index (χ4v) is 1.73. The highest BCUT2D eigenvalue weighted by Crippen LogP contribution is 2.14. The minimum Gasteiger partial charge on any atom is -0.478 e. The topological polar surface area (TPSA) is 51.1 Å². The lowest BCUT2D eigenvalue weighted by atomic mass is 10.2. The van der Waals surface area contributed by atoms with Gasteiger partial charge in [-0.15, -0.1) is 0 Å². The van der Waals surface area contributed by atoms with E-state index in [0.717, 1.165) is 18.8 Å². The summed E-state index contributed by atoms with van der Waals surface area (Å²) in [5.41, 5.74) is 1.26. The highest BCUT2D eigenvalue weighted by molar-refractivity contribution is 5.39. The van der Waals surface area contributed by atoms with Gasteiger partial charge < -0.3 is 9.64 Å². The molecule has 0 bridgehead atoms. The Hall–Kier alpha value is -2.17. The molecule has 19 heavy (non-hydrogen) atoms. The van der Waals surface area contributed by atoms with Crippen molar-refractivity contribution >= 4 is 5.82 Å². The predicted molar refractivity (Wildman–Crippen MR) is 74.4 cm³/mol. The van der Waals surface area contributed by atoms with Crippen molar-refractivity contribution in [3.8, 4) is 5.88 Å². The van der Waals surface area contributed by atoms with Gasteiger partial charge in [0.15, 0.2) is 0 Å². The zero-order valence-corrected chi connectivity index (χ0v) is 11.3. The van der Waals surface area contributed by atoms with Crippen molar-refractivity contribution in [2.45, 2.75) is 13.3 Å². The fraction of sp³-hybridized carbons (Fsp3) is 0.357. The summed E-state index contributed by atoms with van der Waals surface area (Å²) in [5.74, 6) is 1.48. The zero-order valence-electron chi connectivity index (χ0n) is 11.3. The van der Waals surface area contributed by atoms with Crippen LogP contribution in [0, 0.1) is 0 Å². The van der Waals surface area contributed by atoms with Crippen LogP contribution in [-0.2, 0) is 6.42 Å². The number of hydrogen-bond donors (Lipinski definition) is 0. The molecule has 0 aliphatic heterocycles. The minimum atomic E-state index is 0.608. The lowest BCUT2D eigenvalue weighted by molar-refractivity contribution is 0.326. The molecule has 5 nitrogen and oxygen atoms in total. The van der Waals surface area contributed by atoms with Gasteiger partial charge in [0.2, 0.25) is 5.88 Å². The summed E-state index contributed by atoms with van der Waals surface area (Å²) >= 11 is 0. The van der Waals surface area contributed by atoms with Crippen LogP contribution in [0.25, 0.3) is 0 Å². The number of rotatable bonds is 6. The largest absolute Gasteiger partial charge is 0.478 e. The lowest BCUT2D eigenvalue weighted by Gasteiger charge is -2.18. The number of ether oxygens (including phenoxy) is 1. The van der Waals surface area contributed by atoms with Crippen LogP contribution >= 0.6 is 0 Å². The molecule has 0 amide bonds. The van der Waals surface area contributed by atoms with E-state index in [2.05, 4.69) is 19.9 Å². The Morgan fingerprint density at radius 2 is 2.00 bits per heavy atom. The predicted octanol–water partition coefficient (Wildman–Crippen LogP) is 1.95. The Morgan fingerprint density at radius 3 is 2.74 bits per heavy atom. The van der Waals surface area contributed by atoms with Crippen molar-refractivity contribution in [3.05, 3.63) is 42.5 Å². The zero-order chi connectivity index (χ0) is 13.5. The van der Waals surface area contributed by atoms with Crippen molar-refractivity contribution in [1.29, 1.82) is 0 Å². The molecule has 0 unspecified atom stereocenters. The van der Waals surface area contributed by atoms with Crippen LogP contribution in [0.4, 0.5) is 5.82 Å². The molecule has 2 heterocycles. The summed E-state index contributed by atoms with van der Waals surface area (Å²) in [7, 11) is 2.01. The molecular weight excluding hydrogens is 240 g/mol. The highest BCUT2D eigenvalue weighted by Gasteiger charge is 2.05. The number of anilines is 1.